The number of aromatic nitrogens is 2. The summed E-state index contributed by atoms with van der Waals surface area (Å²) in [5, 5.41) is 3.49. The van der Waals surface area contributed by atoms with E-state index in [-0.39, 0.29) is 10.8 Å². The van der Waals surface area contributed by atoms with Gasteiger partial charge in [0.15, 0.2) is 5.43 Å². The number of nitrogens with one attached hydrogen (secondary N) is 1. The molecule has 0 atom stereocenters. The van der Waals surface area contributed by atoms with Crippen molar-refractivity contribution in [1.82, 2.24) is 9.55 Å². The van der Waals surface area contributed by atoms with Gasteiger partial charge in [-0.25, -0.2) is 9.37 Å². The van der Waals surface area contributed by atoms with Crippen LogP contribution in [0.1, 0.15) is 6.92 Å². The highest BCUT2D eigenvalue weighted by Crippen LogP contribution is 2.24. The van der Waals surface area contributed by atoms with Crippen LogP contribution in [0.5, 0.6) is 0 Å². The Hall–Kier alpha value is -4.00. The number of hydrogen-bond acceptors (Lipinski definition) is 5. The van der Waals surface area contributed by atoms with Crippen molar-refractivity contribution in [2.24, 2.45) is 0 Å². The zero-order valence-corrected chi connectivity index (χ0v) is 16.3. The highest BCUT2D eigenvalue weighted by Gasteiger charge is 2.13. The molecule has 0 saturated heterocycles. The largest absolute Gasteiger partial charge is 0.468 e. The van der Waals surface area contributed by atoms with Crippen LogP contribution in [0.4, 0.5) is 15.9 Å². The normalized spacial score (nSPS) is 10.1. The zero-order chi connectivity index (χ0) is 21.3. The van der Waals surface area contributed by atoms with Crippen molar-refractivity contribution in [3.05, 3.63) is 95.0 Å². The Morgan fingerprint density at radius 2 is 1.73 bits per heavy atom. The van der Waals surface area contributed by atoms with Crippen molar-refractivity contribution >= 4 is 29.0 Å². The monoisotopic (exact) mass is 405 g/mol. The van der Waals surface area contributed by atoms with Gasteiger partial charge in [-0.3, -0.25) is 14.2 Å². The summed E-state index contributed by atoms with van der Waals surface area (Å²) in [7, 11) is 0. The Bertz CT molecular complexity index is 1180. The fraction of sp³-hybridized carbons (Fsp3) is 0.0870. The van der Waals surface area contributed by atoms with Gasteiger partial charge in [-0.05, 0) is 37.3 Å². The second-order valence-corrected chi connectivity index (χ2v) is 6.13. The molecular formula is C23H20FN3O3. The van der Waals surface area contributed by atoms with E-state index in [2.05, 4.69) is 15.0 Å². The molecular weight excluding hydrogens is 385 g/mol. The summed E-state index contributed by atoms with van der Waals surface area (Å²) in [6.07, 6.45) is 1.12. The first-order chi connectivity index (χ1) is 14.6. The van der Waals surface area contributed by atoms with Crippen LogP contribution in [-0.4, -0.2) is 22.6 Å². The molecule has 1 N–H and O–H groups in total. The van der Waals surface area contributed by atoms with Crippen LogP contribution < -0.4 is 10.7 Å². The Kier molecular flexibility index (Phi) is 6.89. The van der Waals surface area contributed by atoms with Gasteiger partial charge in [0.2, 0.25) is 0 Å². The molecule has 0 aliphatic carbocycles. The molecule has 0 aliphatic rings. The number of pyridine rings is 2. The Labute approximate surface area is 172 Å². The van der Waals surface area contributed by atoms with Crippen molar-refractivity contribution in [2.45, 2.75) is 6.92 Å². The number of benzene rings is 2. The number of anilines is 2. The third kappa shape index (κ3) is 4.88. The summed E-state index contributed by atoms with van der Waals surface area (Å²) < 4.78 is 19.5. The van der Waals surface area contributed by atoms with Gasteiger partial charge in [-0.1, -0.05) is 36.4 Å². The van der Waals surface area contributed by atoms with Gasteiger partial charge in [-0.2, -0.15) is 0 Å². The minimum absolute atomic E-state index is 0.238. The van der Waals surface area contributed by atoms with Crippen molar-refractivity contribution in [1.29, 1.82) is 0 Å². The predicted octanol–water partition coefficient (Wildman–Crippen LogP) is 4.45. The van der Waals surface area contributed by atoms with Crippen molar-refractivity contribution in [3.8, 4) is 5.69 Å². The number of rotatable bonds is 5. The molecule has 0 fully saturated rings. The Morgan fingerprint density at radius 1 is 1.07 bits per heavy atom. The smallest absolute Gasteiger partial charge is 0.293 e. The summed E-state index contributed by atoms with van der Waals surface area (Å²) in [5.74, 6) is 0.0296. The summed E-state index contributed by atoms with van der Waals surface area (Å²) in [4.78, 5) is 25.8. The maximum absolute atomic E-state index is 13.6. The third-order valence-electron chi connectivity index (χ3n) is 4.11. The van der Waals surface area contributed by atoms with Gasteiger partial charge in [0.1, 0.15) is 17.3 Å². The van der Waals surface area contributed by atoms with Crippen LogP contribution in [0.15, 0.2) is 83.8 Å². The number of fused-ring (bicyclic) bond motifs is 1. The summed E-state index contributed by atoms with van der Waals surface area (Å²) >= 11 is 0. The van der Waals surface area contributed by atoms with E-state index in [1.165, 1.54) is 12.1 Å². The maximum Gasteiger partial charge on any atom is 0.293 e. The molecule has 4 rings (SSSR count). The van der Waals surface area contributed by atoms with Crippen LogP contribution in [0.3, 0.4) is 0 Å². The molecule has 0 radical (unpaired) electrons. The molecule has 7 heteroatoms. The second-order valence-electron chi connectivity index (χ2n) is 6.13. The van der Waals surface area contributed by atoms with E-state index in [9.17, 15) is 14.0 Å². The number of carbonyl (C=O) groups excluding carboxylic acids is 1. The van der Waals surface area contributed by atoms with E-state index in [0.29, 0.717) is 24.5 Å². The minimum Gasteiger partial charge on any atom is -0.468 e. The molecule has 2 heterocycles. The highest BCUT2D eigenvalue weighted by atomic mass is 19.1. The number of hydrogen-bond donors (Lipinski definition) is 1. The van der Waals surface area contributed by atoms with Gasteiger partial charge in [0.05, 0.1) is 18.2 Å². The molecule has 4 aromatic rings. The van der Waals surface area contributed by atoms with E-state index < -0.39 is 5.82 Å². The average Bonchev–Trinajstić information content (AvgIpc) is 2.77. The Morgan fingerprint density at radius 3 is 2.33 bits per heavy atom. The van der Waals surface area contributed by atoms with Gasteiger partial charge >= 0.3 is 0 Å². The fourth-order valence-corrected chi connectivity index (χ4v) is 2.84. The van der Waals surface area contributed by atoms with Crippen molar-refractivity contribution < 1.29 is 13.9 Å². The van der Waals surface area contributed by atoms with E-state index in [1.54, 1.807) is 6.92 Å². The lowest BCUT2D eigenvalue weighted by molar-refractivity contribution is -0.128. The topological polar surface area (TPSA) is 73.2 Å². The predicted molar refractivity (Wildman–Crippen MR) is 115 cm³/mol. The van der Waals surface area contributed by atoms with E-state index in [1.807, 2.05) is 65.2 Å². The standard InChI is InChI=1S/C20H14FN3O.C3H6O2/c21-14-11-17-18(25)12-19(23-15-7-3-1-4-8-15)24(20(17)22-13-14)16-9-5-2-6-10-16;1-2-5-3-4/h1-13,23H;3H,2H2,1H3. The maximum atomic E-state index is 13.6. The average molecular weight is 405 g/mol. The van der Waals surface area contributed by atoms with Crippen LogP contribution in [-0.2, 0) is 9.53 Å². The minimum atomic E-state index is -0.534. The number of nitrogens with zero attached hydrogens (tertiary/aromatic N) is 2. The van der Waals surface area contributed by atoms with E-state index >= 15 is 0 Å². The molecule has 0 saturated carbocycles. The molecule has 6 nitrogen and oxygen atoms in total. The van der Waals surface area contributed by atoms with E-state index in [4.69, 9.17) is 0 Å². The molecule has 30 heavy (non-hydrogen) atoms. The first-order valence-electron chi connectivity index (χ1n) is 9.28. The molecule has 0 aliphatic heterocycles. The Balaban J connectivity index is 0.000000461. The molecule has 152 valence electrons. The van der Waals surface area contributed by atoms with Gasteiger partial charge in [0, 0.05) is 17.4 Å². The molecule has 0 amide bonds. The van der Waals surface area contributed by atoms with Crippen LogP contribution >= 0.6 is 0 Å². The van der Waals surface area contributed by atoms with Crippen LogP contribution in [0, 0.1) is 5.82 Å². The molecule has 0 unspecified atom stereocenters. The molecule has 2 aromatic heterocycles. The van der Waals surface area contributed by atoms with Gasteiger partial charge in [-0.15, -0.1) is 0 Å². The number of carbonyl (C=O) groups is 1. The van der Waals surface area contributed by atoms with Crippen molar-refractivity contribution in [2.75, 3.05) is 11.9 Å². The highest BCUT2D eigenvalue weighted by molar-refractivity contribution is 5.80. The fourth-order valence-electron chi connectivity index (χ4n) is 2.84. The summed E-state index contributed by atoms with van der Waals surface area (Å²) in [5.41, 5.74) is 1.78. The lowest BCUT2D eigenvalue weighted by Crippen LogP contribution is -2.13. The lowest BCUT2D eigenvalue weighted by Gasteiger charge is -2.17. The number of ether oxygens (including phenoxy) is 1. The SMILES string of the molecule is CCOC=O.O=c1cc(Nc2ccccc2)n(-c2ccccc2)c2ncc(F)cc12. The quantitative estimate of drug-likeness (QED) is 0.497. The zero-order valence-electron chi connectivity index (χ0n) is 16.3. The summed E-state index contributed by atoms with van der Waals surface area (Å²) in [6.45, 7) is 2.66. The van der Waals surface area contributed by atoms with Crippen LogP contribution in [0.2, 0.25) is 0 Å². The second kappa shape index (κ2) is 9.97. The molecule has 0 spiro atoms. The first-order valence-corrected chi connectivity index (χ1v) is 9.28. The lowest BCUT2D eigenvalue weighted by atomic mass is 10.2. The molecule has 2 aromatic carbocycles. The third-order valence-corrected chi connectivity index (χ3v) is 4.11. The first kappa shape index (κ1) is 20.7. The van der Waals surface area contributed by atoms with E-state index in [0.717, 1.165) is 17.6 Å². The summed E-state index contributed by atoms with van der Waals surface area (Å²) in [6, 6.07) is 21.7. The number of para-hydroxylation sites is 2. The molecule has 0 bridgehead atoms. The van der Waals surface area contributed by atoms with Crippen LogP contribution in [0.25, 0.3) is 16.7 Å². The van der Waals surface area contributed by atoms with Gasteiger partial charge < -0.3 is 10.1 Å². The van der Waals surface area contributed by atoms with Crippen molar-refractivity contribution in [3.63, 3.8) is 0 Å². The van der Waals surface area contributed by atoms with Gasteiger partial charge in [0.25, 0.3) is 6.47 Å². The number of halogens is 1.